The fraction of sp³-hybridized carbons (Fsp3) is 0.0426. The molecule has 476 valence electrons. The van der Waals surface area contributed by atoms with Gasteiger partial charge in [0.05, 0.1) is 55.4 Å². The number of nitrogens with zero attached hydrogens (tertiary/aromatic N) is 6. The van der Waals surface area contributed by atoms with Crippen LogP contribution in [0.3, 0.4) is 0 Å². The van der Waals surface area contributed by atoms with Crippen LogP contribution in [-0.2, 0) is 0 Å². The molecule has 0 N–H and O–H groups in total. The highest BCUT2D eigenvalue weighted by Gasteiger charge is 2.33. The van der Waals surface area contributed by atoms with Crippen molar-refractivity contribution in [1.82, 2.24) is 28.2 Å². The summed E-state index contributed by atoms with van der Waals surface area (Å²) < 4.78 is 16.9. The Labute approximate surface area is 583 Å². The zero-order valence-corrected chi connectivity index (χ0v) is 56.1. The maximum atomic E-state index is 7.29. The summed E-state index contributed by atoms with van der Waals surface area (Å²) in [6.45, 7) is 8.70. The van der Waals surface area contributed by atoms with E-state index in [0.29, 0.717) is 11.5 Å². The Morgan fingerprint density at radius 1 is 0.248 bits per heavy atom. The Kier molecular flexibility index (Phi) is 13.1. The quantitative estimate of drug-likeness (QED) is 0.137. The van der Waals surface area contributed by atoms with E-state index in [-0.39, 0.29) is 0 Å². The van der Waals surface area contributed by atoms with Gasteiger partial charge in [-0.2, -0.15) is 0 Å². The molecule has 0 amide bonds. The number of hydrogen-bond acceptors (Lipinski definition) is 3. The van der Waals surface area contributed by atoms with Crippen molar-refractivity contribution in [3.05, 3.63) is 338 Å². The van der Waals surface area contributed by atoms with Crippen molar-refractivity contribution in [3.63, 3.8) is 0 Å². The van der Waals surface area contributed by atoms with Crippen LogP contribution in [-0.4, -0.2) is 28.2 Å². The first-order valence-electron chi connectivity index (χ1n) is 34.7. The molecule has 6 heterocycles. The lowest BCUT2D eigenvalue weighted by Crippen LogP contribution is -2.04. The molecular formula is C94H64N6O. The van der Waals surface area contributed by atoms with Gasteiger partial charge >= 0.3 is 0 Å². The molecule has 0 unspecified atom stereocenters. The second-order valence-corrected chi connectivity index (χ2v) is 27.1. The van der Waals surface area contributed by atoms with Crippen LogP contribution >= 0.6 is 0 Å². The minimum Gasteiger partial charge on any atom is -0.436 e. The molecule has 20 aromatic rings. The van der Waals surface area contributed by atoms with Crippen LogP contribution in [0.2, 0.25) is 0 Å². The number of oxazole rings is 1. The Balaban J connectivity index is 0.922. The van der Waals surface area contributed by atoms with Gasteiger partial charge in [-0.25, -0.2) is 4.98 Å². The van der Waals surface area contributed by atoms with Gasteiger partial charge in [-0.15, -0.1) is 0 Å². The molecule has 0 saturated heterocycles. The van der Waals surface area contributed by atoms with Gasteiger partial charge in [-0.3, -0.25) is 4.98 Å². The van der Waals surface area contributed by atoms with Crippen molar-refractivity contribution >= 4 is 98.3 Å². The average molecular weight is 1290 g/mol. The maximum absolute atomic E-state index is 7.29. The molecule has 6 aromatic heterocycles. The van der Waals surface area contributed by atoms with Crippen molar-refractivity contribution < 1.29 is 4.42 Å². The maximum Gasteiger partial charge on any atom is 0.228 e. The lowest BCUT2D eigenvalue weighted by Gasteiger charge is -2.27. The molecule has 0 bridgehead atoms. The molecule has 20 rings (SSSR count). The second-order valence-electron chi connectivity index (χ2n) is 27.1. The van der Waals surface area contributed by atoms with Gasteiger partial charge in [-0.05, 0) is 207 Å². The first kappa shape index (κ1) is 58.1. The molecule has 7 heteroatoms. The predicted octanol–water partition coefficient (Wildman–Crippen LogP) is 24.8. The summed E-state index contributed by atoms with van der Waals surface area (Å²) in [4.78, 5) is 11.0. The fourth-order valence-corrected chi connectivity index (χ4v) is 16.4. The van der Waals surface area contributed by atoms with Gasteiger partial charge in [0, 0.05) is 88.7 Å². The van der Waals surface area contributed by atoms with Gasteiger partial charge in [-0.1, -0.05) is 186 Å². The lowest BCUT2D eigenvalue weighted by molar-refractivity contribution is 0.620. The van der Waals surface area contributed by atoms with Crippen molar-refractivity contribution in [3.8, 4) is 90.0 Å². The topological polar surface area (TPSA) is 58.6 Å². The van der Waals surface area contributed by atoms with E-state index in [1.807, 2.05) is 36.5 Å². The Hall–Kier alpha value is -13.1. The predicted molar refractivity (Wildman–Crippen MR) is 421 cm³/mol. The zero-order chi connectivity index (χ0) is 67.1. The fourth-order valence-electron chi connectivity index (χ4n) is 16.4. The zero-order valence-electron chi connectivity index (χ0n) is 56.1. The number of fused-ring (bicyclic) bond motifs is 13. The van der Waals surface area contributed by atoms with E-state index in [0.717, 1.165) is 134 Å². The van der Waals surface area contributed by atoms with Gasteiger partial charge < -0.3 is 22.7 Å². The summed E-state index contributed by atoms with van der Waals surface area (Å²) in [5.74, 6) is 0.490. The number of rotatable bonds is 10. The summed E-state index contributed by atoms with van der Waals surface area (Å²) >= 11 is 0. The third kappa shape index (κ3) is 9.13. The molecule has 7 nitrogen and oxygen atoms in total. The van der Waals surface area contributed by atoms with E-state index in [2.05, 4.69) is 325 Å². The van der Waals surface area contributed by atoms with E-state index in [9.17, 15) is 0 Å². The molecule has 0 aliphatic rings. The summed E-state index contributed by atoms with van der Waals surface area (Å²) in [7, 11) is 0. The molecule has 0 saturated carbocycles. The van der Waals surface area contributed by atoms with Crippen molar-refractivity contribution in [1.29, 1.82) is 0 Å². The minimum atomic E-state index is 0.490. The first-order valence-corrected chi connectivity index (χ1v) is 34.7. The molecule has 0 atom stereocenters. The number of benzene rings is 14. The number of aryl methyl sites for hydroxylation is 4. The molecule has 0 aliphatic heterocycles. The van der Waals surface area contributed by atoms with Crippen LogP contribution in [0.4, 0.5) is 0 Å². The number of aromatic nitrogens is 6. The highest BCUT2D eigenvalue weighted by molar-refractivity contribution is 6.17. The lowest BCUT2D eigenvalue weighted by atomic mass is 9.76. The number of para-hydroxylation sites is 6. The van der Waals surface area contributed by atoms with Crippen molar-refractivity contribution in [2.75, 3.05) is 0 Å². The van der Waals surface area contributed by atoms with E-state index in [1.54, 1.807) is 0 Å². The molecule has 14 aromatic carbocycles. The number of hydrogen-bond donors (Lipinski definition) is 0. The molecule has 0 radical (unpaired) electrons. The van der Waals surface area contributed by atoms with Gasteiger partial charge in [0.15, 0.2) is 5.58 Å². The van der Waals surface area contributed by atoms with E-state index in [4.69, 9.17) is 14.4 Å². The minimum absolute atomic E-state index is 0.490. The van der Waals surface area contributed by atoms with Gasteiger partial charge in [0.25, 0.3) is 0 Å². The summed E-state index contributed by atoms with van der Waals surface area (Å²) in [5, 5.41) is 9.78. The van der Waals surface area contributed by atoms with Crippen LogP contribution in [0.15, 0.2) is 320 Å². The largest absolute Gasteiger partial charge is 0.436 e. The highest BCUT2D eigenvalue weighted by atomic mass is 16.3. The SMILES string of the molecule is Cc1ccc2c(c1)c1ccccc1n2-c1ccc(-c2c(-c3ccc(-n4c5ccccc5c5cc(C)ccc54)cc3)c(-c3ccc(-n4c5ccccc5c5cc(C)ccc54)cc3)c(-c3nc4ccccc4o3)c(-c3ccccn3)c2-c2ccc(-n3c4ccccc4c4cc(C)ccc43)cc2)cc1. The van der Waals surface area contributed by atoms with Crippen molar-refractivity contribution in [2.45, 2.75) is 27.7 Å². The summed E-state index contributed by atoms with van der Waals surface area (Å²) in [5.41, 5.74) is 30.3. The van der Waals surface area contributed by atoms with Crippen LogP contribution in [0.5, 0.6) is 0 Å². The van der Waals surface area contributed by atoms with Crippen LogP contribution in [0.1, 0.15) is 22.3 Å². The summed E-state index contributed by atoms with van der Waals surface area (Å²) in [6.07, 6.45) is 1.91. The summed E-state index contributed by atoms with van der Waals surface area (Å²) in [6, 6.07) is 114. The average Bonchev–Trinajstić information content (AvgIpc) is 1.56. The van der Waals surface area contributed by atoms with Gasteiger partial charge in [0.1, 0.15) is 5.52 Å². The second kappa shape index (κ2) is 22.7. The normalized spacial score (nSPS) is 12.0. The smallest absolute Gasteiger partial charge is 0.228 e. The molecular weight excluding hydrogens is 1230 g/mol. The van der Waals surface area contributed by atoms with Gasteiger partial charge in [0.2, 0.25) is 5.89 Å². The molecule has 0 aliphatic carbocycles. The third-order valence-electron chi connectivity index (χ3n) is 20.9. The monoisotopic (exact) mass is 1290 g/mol. The number of pyridine rings is 1. The van der Waals surface area contributed by atoms with Crippen LogP contribution < -0.4 is 0 Å². The van der Waals surface area contributed by atoms with Crippen LogP contribution in [0.25, 0.3) is 188 Å². The standard InChI is InChI=1S/C94H64N6O/c1-57-28-48-83-73(53-57)69-17-5-10-23-79(69)97(83)65-40-32-61(33-41-65)88-89(62-34-42-66(43-35-62)98-80-24-11-6-18-70(80)74-54-58(2)29-49-84(74)98)91(64-38-46-68(47-39-64)100-82-26-13-8-20-72(82)76-56-60(4)31-51-86(76)100)93(94-96-77-21-9-14-27-87(77)101-94)92(78-22-15-16-52-95-78)90(88)63-36-44-67(45-37-63)99-81-25-12-7-19-71(81)75-55-59(3)30-50-85(75)99/h5-56H,1-4H3. The first-order chi connectivity index (χ1) is 49.7. The van der Waals surface area contributed by atoms with E-state index < -0.39 is 0 Å². The highest BCUT2D eigenvalue weighted by Crippen LogP contribution is 2.57. The third-order valence-corrected chi connectivity index (χ3v) is 20.9. The Bertz CT molecular complexity index is 6730. The van der Waals surface area contributed by atoms with Crippen LogP contribution in [0, 0.1) is 27.7 Å². The Morgan fingerprint density at radius 3 is 0.881 bits per heavy atom. The van der Waals surface area contributed by atoms with E-state index >= 15 is 0 Å². The molecule has 101 heavy (non-hydrogen) atoms. The van der Waals surface area contributed by atoms with Crippen molar-refractivity contribution in [2.24, 2.45) is 0 Å². The Morgan fingerprint density at radius 2 is 0.545 bits per heavy atom. The molecule has 0 spiro atoms. The molecule has 0 fully saturated rings. The van der Waals surface area contributed by atoms with E-state index in [1.165, 1.54) is 65.3 Å².